The van der Waals surface area contributed by atoms with E-state index in [4.69, 9.17) is 23.2 Å². The monoisotopic (exact) mass is 420 g/mol. The van der Waals surface area contributed by atoms with Gasteiger partial charge in [-0.3, -0.25) is 9.59 Å². The van der Waals surface area contributed by atoms with Gasteiger partial charge < -0.3 is 10.6 Å². The molecule has 0 aliphatic carbocycles. The maximum absolute atomic E-state index is 12.2. The van der Waals surface area contributed by atoms with Gasteiger partial charge in [0.1, 0.15) is 5.25 Å². The van der Waals surface area contributed by atoms with Crippen molar-refractivity contribution in [3.05, 3.63) is 64.1 Å². The van der Waals surface area contributed by atoms with Crippen molar-refractivity contribution in [2.75, 3.05) is 5.32 Å². The minimum atomic E-state index is -0.571. The topological polar surface area (TPSA) is 82.9 Å². The van der Waals surface area contributed by atoms with Crippen molar-refractivity contribution in [2.24, 2.45) is 10.2 Å². The molecule has 6 nitrogen and oxygen atoms in total. The number of nitrogens with zero attached hydrogens (tertiary/aromatic N) is 2. The molecule has 0 bridgehead atoms. The maximum Gasteiger partial charge on any atom is 0.240 e. The van der Waals surface area contributed by atoms with Crippen molar-refractivity contribution >= 4 is 63.8 Å². The zero-order chi connectivity index (χ0) is 19.2. The number of amidine groups is 1. The Kier molecular flexibility index (Phi) is 6.49. The van der Waals surface area contributed by atoms with Crippen LogP contribution >= 0.6 is 35.0 Å². The van der Waals surface area contributed by atoms with Crippen LogP contribution in [-0.4, -0.2) is 28.4 Å². The lowest BCUT2D eigenvalue weighted by molar-refractivity contribution is -0.122. The van der Waals surface area contributed by atoms with Gasteiger partial charge in [0.25, 0.3) is 0 Å². The first-order valence-electron chi connectivity index (χ1n) is 7.90. The Morgan fingerprint density at radius 2 is 1.96 bits per heavy atom. The molecule has 1 unspecified atom stereocenters. The van der Waals surface area contributed by atoms with Gasteiger partial charge in [0.05, 0.1) is 16.3 Å². The van der Waals surface area contributed by atoms with Gasteiger partial charge in [-0.25, -0.2) is 0 Å². The zero-order valence-corrected chi connectivity index (χ0v) is 16.2. The molecule has 1 saturated heterocycles. The number of carbonyl (C=O) groups is 2. The van der Waals surface area contributed by atoms with Gasteiger partial charge in [-0.15, -0.1) is 5.10 Å². The summed E-state index contributed by atoms with van der Waals surface area (Å²) in [5.74, 6) is -0.590. The minimum absolute atomic E-state index is 0.00182. The SMILES string of the molecule is O=C(CC1SC(=NN=Cc2ccccc2)NC1=O)Nc1ccc(Cl)c(Cl)c1. The van der Waals surface area contributed by atoms with Crippen LogP contribution in [0.4, 0.5) is 5.69 Å². The summed E-state index contributed by atoms with van der Waals surface area (Å²) < 4.78 is 0. The number of carbonyl (C=O) groups excluding carboxylic acids is 2. The molecule has 0 saturated carbocycles. The van der Waals surface area contributed by atoms with E-state index in [1.54, 1.807) is 24.4 Å². The number of thioether (sulfide) groups is 1. The van der Waals surface area contributed by atoms with E-state index in [2.05, 4.69) is 20.8 Å². The van der Waals surface area contributed by atoms with E-state index in [0.29, 0.717) is 20.9 Å². The predicted octanol–water partition coefficient (Wildman–Crippen LogP) is 3.94. The highest BCUT2D eigenvalue weighted by Gasteiger charge is 2.32. The highest BCUT2D eigenvalue weighted by atomic mass is 35.5. The van der Waals surface area contributed by atoms with Crippen LogP contribution in [0.15, 0.2) is 58.7 Å². The second kappa shape index (κ2) is 9.03. The van der Waals surface area contributed by atoms with E-state index in [1.807, 2.05) is 30.3 Å². The van der Waals surface area contributed by atoms with Gasteiger partial charge in [-0.05, 0) is 23.8 Å². The Labute approximate surface area is 170 Å². The predicted molar refractivity (Wildman–Crippen MR) is 111 cm³/mol. The highest BCUT2D eigenvalue weighted by molar-refractivity contribution is 8.15. The molecule has 3 rings (SSSR count). The molecule has 1 fully saturated rings. The Balaban J connectivity index is 1.55. The lowest BCUT2D eigenvalue weighted by Gasteiger charge is -2.08. The number of nitrogens with one attached hydrogen (secondary N) is 2. The van der Waals surface area contributed by atoms with E-state index in [-0.39, 0.29) is 18.2 Å². The summed E-state index contributed by atoms with van der Waals surface area (Å²) in [7, 11) is 0. The van der Waals surface area contributed by atoms with E-state index in [9.17, 15) is 9.59 Å². The Bertz CT molecular complexity index is 919. The molecule has 1 aliphatic rings. The Morgan fingerprint density at radius 1 is 1.19 bits per heavy atom. The molecule has 2 aromatic carbocycles. The summed E-state index contributed by atoms with van der Waals surface area (Å²) >= 11 is 12.9. The van der Waals surface area contributed by atoms with Crippen molar-refractivity contribution < 1.29 is 9.59 Å². The van der Waals surface area contributed by atoms with Gasteiger partial charge >= 0.3 is 0 Å². The molecule has 2 N–H and O–H groups in total. The van der Waals surface area contributed by atoms with Crippen LogP contribution in [-0.2, 0) is 9.59 Å². The summed E-state index contributed by atoms with van der Waals surface area (Å²) in [4.78, 5) is 24.2. The fourth-order valence-electron chi connectivity index (χ4n) is 2.23. The molecule has 27 heavy (non-hydrogen) atoms. The molecule has 0 spiro atoms. The smallest absolute Gasteiger partial charge is 0.240 e. The number of anilines is 1. The molecule has 2 aromatic rings. The number of amides is 2. The first-order chi connectivity index (χ1) is 13.0. The summed E-state index contributed by atoms with van der Waals surface area (Å²) in [5.41, 5.74) is 1.41. The average Bonchev–Trinajstić information content (AvgIpc) is 2.98. The molecular formula is C18H14Cl2N4O2S. The average molecular weight is 421 g/mol. The summed E-state index contributed by atoms with van der Waals surface area (Å²) in [6.07, 6.45) is 1.59. The fraction of sp³-hybridized carbons (Fsp3) is 0.111. The van der Waals surface area contributed by atoms with E-state index in [1.165, 1.54) is 11.8 Å². The summed E-state index contributed by atoms with van der Waals surface area (Å²) in [5, 5.41) is 13.8. The van der Waals surface area contributed by atoms with Crippen LogP contribution < -0.4 is 10.6 Å². The van der Waals surface area contributed by atoms with Gasteiger partial charge in [-0.1, -0.05) is 65.3 Å². The second-order valence-corrected chi connectivity index (χ2v) is 7.54. The van der Waals surface area contributed by atoms with Crippen molar-refractivity contribution in [1.29, 1.82) is 0 Å². The van der Waals surface area contributed by atoms with Crippen LogP contribution in [0.2, 0.25) is 10.0 Å². The third-order valence-corrected chi connectivity index (χ3v) is 5.32. The van der Waals surface area contributed by atoms with Crippen LogP contribution in [0.1, 0.15) is 12.0 Å². The highest BCUT2D eigenvalue weighted by Crippen LogP contribution is 2.26. The van der Waals surface area contributed by atoms with Gasteiger partial charge in [0.2, 0.25) is 11.8 Å². The zero-order valence-electron chi connectivity index (χ0n) is 13.9. The van der Waals surface area contributed by atoms with Gasteiger partial charge in [0.15, 0.2) is 5.17 Å². The molecule has 2 amide bonds. The van der Waals surface area contributed by atoms with E-state index in [0.717, 1.165) is 5.56 Å². The molecule has 9 heteroatoms. The molecule has 1 heterocycles. The van der Waals surface area contributed by atoms with Crippen LogP contribution in [0.5, 0.6) is 0 Å². The third kappa shape index (κ3) is 5.56. The van der Waals surface area contributed by atoms with Crippen LogP contribution in [0.3, 0.4) is 0 Å². The number of benzene rings is 2. The van der Waals surface area contributed by atoms with Gasteiger partial charge in [-0.2, -0.15) is 5.10 Å². The quantitative estimate of drug-likeness (QED) is 0.567. The number of halogens is 2. The molecule has 1 atom stereocenters. The number of hydrogen-bond acceptors (Lipinski definition) is 5. The largest absolute Gasteiger partial charge is 0.326 e. The third-order valence-electron chi connectivity index (χ3n) is 3.51. The molecule has 138 valence electrons. The Morgan fingerprint density at radius 3 is 2.70 bits per heavy atom. The number of hydrogen-bond donors (Lipinski definition) is 2. The maximum atomic E-state index is 12.2. The van der Waals surface area contributed by atoms with E-state index >= 15 is 0 Å². The molecule has 0 aromatic heterocycles. The molecule has 0 radical (unpaired) electrons. The lowest BCUT2D eigenvalue weighted by Crippen LogP contribution is -2.28. The van der Waals surface area contributed by atoms with Crippen molar-refractivity contribution in [3.8, 4) is 0 Å². The van der Waals surface area contributed by atoms with Crippen molar-refractivity contribution in [2.45, 2.75) is 11.7 Å². The van der Waals surface area contributed by atoms with Crippen LogP contribution in [0, 0.1) is 0 Å². The van der Waals surface area contributed by atoms with Gasteiger partial charge in [0, 0.05) is 12.1 Å². The first kappa shape index (κ1) is 19.4. The minimum Gasteiger partial charge on any atom is -0.326 e. The second-order valence-electron chi connectivity index (χ2n) is 5.54. The molecule has 1 aliphatic heterocycles. The normalized spacial score (nSPS) is 18.1. The summed E-state index contributed by atoms with van der Waals surface area (Å²) in [6.45, 7) is 0. The number of rotatable bonds is 5. The fourth-order valence-corrected chi connectivity index (χ4v) is 3.45. The van der Waals surface area contributed by atoms with Crippen molar-refractivity contribution in [3.63, 3.8) is 0 Å². The molecular weight excluding hydrogens is 407 g/mol. The Hall–Kier alpha value is -2.35. The summed E-state index contributed by atoms with van der Waals surface area (Å²) in [6, 6.07) is 14.2. The van der Waals surface area contributed by atoms with Crippen molar-refractivity contribution in [1.82, 2.24) is 5.32 Å². The standard InChI is InChI=1S/C18H14Cl2N4O2S/c19-13-7-6-12(8-14(13)20)22-16(25)9-15-17(26)23-18(27-15)24-21-10-11-4-2-1-3-5-11/h1-8,10,15H,9H2,(H,22,25)(H,23,24,26). The van der Waals surface area contributed by atoms with E-state index < -0.39 is 5.25 Å². The van der Waals surface area contributed by atoms with Crippen LogP contribution in [0.25, 0.3) is 0 Å². The first-order valence-corrected chi connectivity index (χ1v) is 9.53. The lowest BCUT2D eigenvalue weighted by atomic mass is 10.2.